The molecular formula is C13H22N2O. The predicted octanol–water partition coefficient (Wildman–Crippen LogP) is 2.38. The lowest BCUT2D eigenvalue weighted by molar-refractivity contribution is 0.408. The highest BCUT2D eigenvalue weighted by atomic mass is 16.5. The summed E-state index contributed by atoms with van der Waals surface area (Å²) in [5, 5.41) is 3.36. The average Bonchev–Trinajstić information content (AvgIpc) is 2.22. The first-order valence-corrected chi connectivity index (χ1v) is 5.61. The quantitative estimate of drug-likeness (QED) is 0.822. The molecular weight excluding hydrogens is 200 g/mol. The Bertz CT molecular complexity index is 373. The second-order valence-electron chi connectivity index (χ2n) is 4.38. The Labute approximate surface area is 98.0 Å². The van der Waals surface area contributed by atoms with Gasteiger partial charge in [0.2, 0.25) is 0 Å². The summed E-state index contributed by atoms with van der Waals surface area (Å²) in [6, 6.07) is 2.27. The Kier molecular flexibility index (Phi) is 4.19. The van der Waals surface area contributed by atoms with Crippen molar-refractivity contribution in [1.29, 1.82) is 0 Å². The van der Waals surface area contributed by atoms with Crippen molar-refractivity contribution in [2.24, 2.45) is 5.73 Å². The molecule has 0 heterocycles. The summed E-state index contributed by atoms with van der Waals surface area (Å²) < 4.78 is 5.38. The molecule has 0 aliphatic carbocycles. The number of aryl methyl sites for hydroxylation is 1. The summed E-state index contributed by atoms with van der Waals surface area (Å²) in [5.74, 6) is 0.976. The summed E-state index contributed by atoms with van der Waals surface area (Å²) >= 11 is 0. The van der Waals surface area contributed by atoms with E-state index in [1.165, 1.54) is 11.1 Å². The molecule has 0 saturated carbocycles. The van der Waals surface area contributed by atoms with E-state index in [0.29, 0.717) is 0 Å². The average molecular weight is 222 g/mol. The molecule has 0 fully saturated rings. The van der Waals surface area contributed by atoms with Crippen LogP contribution in [0, 0.1) is 20.8 Å². The van der Waals surface area contributed by atoms with Gasteiger partial charge in [0.25, 0.3) is 0 Å². The number of benzene rings is 1. The normalized spacial score (nSPS) is 12.4. The number of nitrogens with one attached hydrogen (secondary N) is 1. The summed E-state index contributed by atoms with van der Waals surface area (Å²) in [6.07, 6.45) is 0. The predicted molar refractivity (Wildman–Crippen MR) is 69.3 cm³/mol. The minimum atomic E-state index is 0.155. The van der Waals surface area contributed by atoms with Crippen LogP contribution in [0.3, 0.4) is 0 Å². The monoisotopic (exact) mass is 222 g/mol. The van der Waals surface area contributed by atoms with Crippen LogP contribution in [-0.4, -0.2) is 19.7 Å². The molecule has 3 nitrogen and oxygen atoms in total. The Morgan fingerprint density at radius 2 is 1.94 bits per heavy atom. The first kappa shape index (κ1) is 12.8. The molecule has 0 amide bonds. The van der Waals surface area contributed by atoms with Crippen molar-refractivity contribution in [3.8, 4) is 5.75 Å². The number of rotatable bonds is 4. The van der Waals surface area contributed by atoms with E-state index in [0.717, 1.165) is 23.5 Å². The van der Waals surface area contributed by atoms with Gasteiger partial charge in [0, 0.05) is 18.3 Å². The fourth-order valence-electron chi connectivity index (χ4n) is 1.83. The van der Waals surface area contributed by atoms with Gasteiger partial charge in [0.15, 0.2) is 0 Å². The van der Waals surface area contributed by atoms with Crippen molar-refractivity contribution >= 4 is 5.69 Å². The number of anilines is 1. The molecule has 0 bridgehead atoms. The number of nitrogens with two attached hydrogens (primary N) is 1. The van der Waals surface area contributed by atoms with Gasteiger partial charge in [-0.05, 0) is 50.5 Å². The highest BCUT2D eigenvalue weighted by molar-refractivity contribution is 5.61. The molecule has 1 rings (SSSR count). The van der Waals surface area contributed by atoms with Crippen molar-refractivity contribution in [1.82, 2.24) is 0 Å². The smallest absolute Gasteiger partial charge is 0.125 e. The zero-order valence-electron chi connectivity index (χ0n) is 10.8. The molecule has 3 heteroatoms. The van der Waals surface area contributed by atoms with Gasteiger partial charge < -0.3 is 15.8 Å². The Hall–Kier alpha value is -1.22. The first-order chi connectivity index (χ1) is 7.47. The molecule has 0 aromatic heterocycles. The zero-order valence-corrected chi connectivity index (χ0v) is 10.8. The van der Waals surface area contributed by atoms with Crippen LogP contribution >= 0.6 is 0 Å². The maximum atomic E-state index is 5.74. The lowest BCUT2D eigenvalue weighted by Gasteiger charge is -2.17. The van der Waals surface area contributed by atoms with Crippen LogP contribution in [0.1, 0.15) is 23.6 Å². The lowest BCUT2D eigenvalue weighted by atomic mass is 10.0. The van der Waals surface area contributed by atoms with Crippen LogP contribution in [0.4, 0.5) is 5.69 Å². The molecule has 0 aliphatic rings. The SMILES string of the molecule is COc1c(C)cc(NCC(C)N)c(C)c1C. The molecule has 1 aromatic rings. The number of hydrogen-bond acceptors (Lipinski definition) is 3. The standard InChI is InChI=1S/C13H22N2O/c1-8-6-12(15-7-9(2)14)10(3)11(4)13(8)16-5/h6,9,15H,7,14H2,1-5H3. The second-order valence-corrected chi connectivity index (χ2v) is 4.38. The fourth-order valence-corrected chi connectivity index (χ4v) is 1.83. The number of methoxy groups -OCH3 is 1. The third kappa shape index (κ3) is 2.67. The van der Waals surface area contributed by atoms with Crippen molar-refractivity contribution in [2.75, 3.05) is 19.0 Å². The summed E-state index contributed by atoms with van der Waals surface area (Å²) in [7, 11) is 1.71. The highest BCUT2D eigenvalue weighted by Gasteiger charge is 2.10. The molecule has 90 valence electrons. The van der Waals surface area contributed by atoms with Crippen LogP contribution in [0.2, 0.25) is 0 Å². The van der Waals surface area contributed by atoms with E-state index in [-0.39, 0.29) is 6.04 Å². The minimum absolute atomic E-state index is 0.155. The summed E-state index contributed by atoms with van der Waals surface area (Å²) in [6.45, 7) is 9.01. The molecule has 0 aliphatic heterocycles. The van der Waals surface area contributed by atoms with E-state index >= 15 is 0 Å². The highest BCUT2D eigenvalue weighted by Crippen LogP contribution is 2.31. The fraction of sp³-hybridized carbons (Fsp3) is 0.538. The van der Waals surface area contributed by atoms with Gasteiger partial charge in [-0.1, -0.05) is 0 Å². The Morgan fingerprint density at radius 1 is 1.31 bits per heavy atom. The summed E-state index contributed by atoms with van der Waals surface area (Å²) in [5.41, 5.74) is 10.4. The molecule has 1 aromatic carbocycles. The molecule has 16 heavy (non-hydrogen) atoms. The molecule has 0 spiro atoms. The van der Waals surface area contributed by atoms with Crippen LogP contribution in [-0.2, 0) is 0 Å². The molecule has 0 saturated heterocycles. The van der Waals surface area contributed by atoms with Crippen molar-refractivity contribution in [3.63, 3.8) is 0 Å². The Morgan fingerprint density at radius 3 is 2.44 bits per heavy atom. The minimum Gasteiger partial charge on any atom is -0.496 e. The second kappa shape index (κ2) is 5.21. The van der Waals surface area contributed by atoms with Crippen LogP contribution in [0.25, 0.3) is 0 Å². The van der Waals surface area contributed by atoms with Gasteiger partial charge >= 0.3 is 0 Å². The number of hydrogen-bond donors (Lipinski definition) is 2. The van der Waals surface area contributed by atoms with Gasteiger partial charge in [-0.2, -0.15) is 0 Å². The van der Waals surface area contributed by atoms with Gasteiger partial charge in [0.05, 0.1) is 7.11 Å². The zero-order chi connectivity index (χ0) is 12.3. The van der Waals surface area contributed by atoms with E-state index in [9.17, 15) is 0 Å². The van der Waals surface area contributed by atoms with E-state index in [4.69, 9.17) is 10.5 Å². The van der Waals surface area contributed by atoms with Crippen LogP contribution in [0.15, 0.2) is 6.07 Å². The third-order valence-corrected chi connectivity index (χ3v) is 2.84. The molecule has 1 atom stereocenters. The van der Waals surface area contributed by atoms with E-state index in [1.807, 2.05) is 6.92 Å². The molecule has 1 unspecified atom stereocenters. The van der Waals surface area contributed by atoms with Gasteiger partial charge in [-0.25, -0.2) is 0 Å². The van der Waals surface area contributed by atoms with Crippen molar-refractivity contribution in [3.05, 3.63) is 22.8 Å². The van der Waals surface area contributed by atoms with Crippen molar-refractivity contribution < 1.29 is 4.74 Å². The van der Waals surface area contributed by atoms with Crippen LogP contribution < -0.4 is 15.8 Å². The summed E-state index contributed by atoms with van der Waals surface area (Å²) in [4.78, 5) is 0. The van der Waals surface area contributed by atoms with E-state index in [2.05, 4.69) is 32.2 Å². The lowest BCUT2D eigenvalue weighted by Crippen LogP contribution is -2.25. The molecule has 0 radical (unpaired) electrons. The maximum absolute atomic E-state index is 5.74. The van der Waals surface area contributed by atoms with Crippen molar-refractivity contribution in [2.45, 2.75) is 33.7 Å². The molecule has 3 N–H and O–H groups in total. The van der Waals surface area contributed by atoms with Gasteiger partial charge in [-0.15, -0.1) is 0 Å². The number of ether oxygens (including phenoxy) is 1. The van der Waals surface area contributed by atoms with E-state index < -0.39 is 0 Å². The topological polar surface area (TPSA) is 47.3 Å². The first-order valence-electron chi connectivity index (χ1n) is 5.61. The Balaban J connectivity index is 3.03. The van der Waals surface area contributed by atoms with Gasteiger partial charge in [0.1, 0.15) is 5.75 Å². The maximum Gasteiger partial charge on any atom is 0.125 e. The third-order valence-electron chi connectivity index (χ3n) is 2.84. The largest absolute Gasteiger partial charge is 0.496 e. The van der Waals surface area contributed by atoms with Gasteiger partial charge in [-0.3, -0.25) is 0 Å². The van der Waals surface area contributed by atoms with Crippen LogP contribution in [0.5, 0.6) is 5.75 Å². The van der Waals surface area contributed by atoms with E-state index in [1.54, 1.807) is 7.11 Å².